The molecule has 1 aromatic rings. The van der Waals surface area contributed by atoms with Crippen molar-refractivity contribution in [1.29, 1.82) is 0 Å². The molecule has 1 saturated carbocycles. The van der Waals surface area contributed by atoms with Crippen LogP contribution in [-0.2, 0) is 6.18 Å². The van der Waals surface area contributed by atoms with Gasteiger partial charge in [0.2, 0.25) is 0 Å². The highest BCUT2D eigenvalue weighted by Gasteiger charge is 2.39. The molecule has 1 aliphatic carbocycles. The van der Waals surface area contributed by atoms with E-state index in [0.717, 1.165) is 12.8 Å². The average molecular weight is 257 g/mol. The topological polar surface area (TPSA) is 12.0 Å². The minimum absolute atomic E-state index is 0.000255. The van der Waals surface area contributed by atoms with Crippen LogP contribution in [0.15, 0.2) is 24.3 Å². The Kier molecular flexibility index (Phi) is 3.66. The van der Waals surface area contributed by atoms with Crippen LogP contribution in [0, 0.1) is 5.92 Å². The average Bonchev–Trinajstić information content (AvgIpc) is 2.69. The Bertz CT molecular complexity index is 414. The molecule has 4 heteroatoms. The molecule has 0 saturated heterocycles. The summed E-state index contributed by atoms with van der Waals surface area (Å²) < 4.78 is 39.0. The van der Waals surface area contributed by atoms with Crippen LogP contribution in [0.5, 0.6) is 0 Å². The van der Waals surface area contributed by atoms with Crippen LogP contribution >= 0.6 is 0 Å². The van der Waals surface area contributed by atoms with Gasteiger partial charge in [-0.05, 0) is 43.4 Å². The number of rotatable bonds is 2. The minimum Gasteiger partial charge on any atom is -0.317 e. The first kappa shape index (κ1) is 13.4. The lowest BCUT2D eigenvalue weighted by Gasteiger charge is -2.23. The van der Waals surface area contributed by atoms with Gasteiger partial charge in [0.05, 0.1) is 5.56 Å². The number of hydrogen-bond acceptors (Lipinski definition) is 1. The highest BCUT2D eigenvalue weighted by Crippen LogP contribution is 2.44. The standard InChI is InChI=1S/C14H18F3N/c1-9-10(7-8-13(9)18-2)11-5-3-4-6-12(11)14(15,16)17/h3-6,9-10,13,18H,7-8H2,1-2H3. The van der Waals surface area contributed by atoms with Crippen molar-refractivity contribution >= 4 is 0 Å². The largest absolute Gasteiger partial charge is 0.416 e. The number of hydrogen-bond donors (Lipinski definition) is 1. The quantitative estimate of drug-likeness (QED) is 0.849. The Labute approximate surface area is 105 Å². The number of alkyl halides is 3. The molecular weight excluding hydrogens is 239 g/mol. The summed E-state index contributed by atoms with van der Waals surface area (Å²) in [5, 5.41) is 3.19. The van der Waals surface area contributed by atoms with Gasteiger partial charge >= 0.3 is 6.18 Å². The molecule has 3 unspecified atom stereocenters. The van der Waals surface area contributed by atoms with Gasteiger partial charge in [0.15, 0.2) is 0 Å². The Hall–Kier alpha value is -1.03. The van der Waals surface area contributed by atoms with Crippen LogP contribution in [0.25, 0.3) is 0 Å². The van der Waals surface area contributed by atoms with Crippen LogP contribution in [-0.4, -0.2) is 13.1 Å². The summed E-state index contributed by atoms with van der Waals surface area (Å²) in [6, 6.07) is 6.29. The molecule has 1 N–H and O–H groups in total. The fourth-order valence-corrected chi connectivity index (χ4v) is 3.09. The molecule has 0 aromatic heterocycles. The lowest BCUT2D eigenvalue weighted by molar-refractivity contribution is -0.138. The number of nitrogens with one attached hydrogen (secondary N) is 1. The summed E-state index contributed by atoms with van der Waals surface area (Å²) in [6.07, 6.45) is -2.50. The molecule has 100 valence electrons. The summed E-state index contributed by atoms with van der Waals surface area (Å²) in [4.78, 5) is 0. The van der Waals surface area contributed by atoms with Gasteiger partial charge in [-0.15, -0.1) is 0 Å². The van der Waals surface area contributed by atoms with Gasteiger partial charge in [-0.1, -0.05) is 25.1 Å². The van der Waals surface area contributed by atoms with Gasteiger partial charge in [0.25, 0.3) is 0 Å². The van der Waals surface area contributed by atoms with Crippen LogP contribution in [0.1, 0.15) is 36.8 Å². The molecule has 0 bridgehead atoms. The molecule has 0 heterocycles. The molecule has 0 spiro atoms. The van der Waals surface area contributed by atoms with E-state index in [0.29, 0.717) is 11.6 Å². The predicted octanol–water partition coefficient (Wildman–Crippen LogP) is 3.81. The first-order chi connectivity index (χ1) is 8.45. The van der Waals surface area contributed by atoms with Crippen molar-refractivity contribution in [2.45, 2.75) is 37.9 Å². The Balaban J connectivity index is 2.35. The van der Waals surface area contributed by atoms with Gasteiger partial charge in [-0.2, -0.15) is 13.2 Å². The zero-order valence-electron chi connectivity index (χ0n) is 10.6. The molecular formula is C14H18F3N. The fourth-order valence-electron chi connectivity index (χ4n) is 3.09. The maximum Gasteiger partial charge on any atom is 0.416 e. The third kappa shape index (κ3) is 2.39. The van der Waals surface area contributed by atoms with Crippen molar-refractivity contribution in [2.24, 2.45) is 5.92 Å². The summed E-state index contributed by atoms with van der Waals surface area (Å²) in [5.41, 5.74) is -0.0196. The van der Waals surface area contributed by atoms with E-state index in [9.17, 15) is 13.2 Å². The van der Waals surface area contributed by atoms with Crippen LogP contribution < -0.4 is 5.32 Å². The molecule has 0 amide bonds. The number of halogens is 3. The van der Waals surface area contributed by atoms with E-state index in [-0.39, 0.29) is 11.8 Å². The normalized spacial score (nSPS) is 28.6. The van der Waals surface area contributed by atoms with Gasteiger partial charge < -0.3 is 5.32 Å². The fraction of sp³-hybridized carbons (Fsp3) is 0.571. The van der Waals surface area contributed by atoms with E-state index in [1.165, 1.54) is 12.1 Å². The van der Waals surface area contributed by atoms with Crippen molar-refractivity contribution in [1.82, 2.24) is 5.32 Å². The van der Waals surface area contributed by atoms with Gasteiger partial charge in [0, 0.05) is 6.04 Å². The van der Waals surface area contributed by atoms with Crippen molar-refractivity contribution in [3.63, 3.8) is 0 Å². The molecule has 1 nitrogen and oxygen atoms in total. The second-order valence-electron chi connectivity index (χ2n) is 5.02. The van der Waals surface area contributed by atoms with Gasteiger partial charge in [-0.3, -0.25) is 0 Å². The van der Waals surface area contributed by atoms with E-state index < -0.39 is 11.7 Å². The van der Waals surface area contributed by atoms with Crippen molar-refractivity contribution in [3.8, 4) is 0 Å². The minimum atomic E-state index is -4.26. The third-order valence-electron chi connectivity index (χ3n) is 4.09. The zero-order chi connectivity index (χ0) is 13.3. The Morgan fingerprint density at radius 2 is 1.83 bits per heavy atom. The maximum absolute atomic E-state index is 13.0. The second kappa shape index (κ2) is 4.92. The molecule has 3 atom stereocenters. The lowest BCUT2D eigenvalue weighted by atomic mass is 9.86. The molecule has 0 radical (unpaired) electrons. The van der Waals surface area contributed by atoms with E-state index in [2.05, 4.69) is 5.32 Å². The van der Waals surface area contributed by atoms with Crippen molar-refractivity contribution in [3.05, 3.63) is 35.4 Å². The zero-order valence-corrected chi connectivity index (χ0v) is 10.6. The lowest BCUT2D eigenvalue weighted by Crippen LogP contribution is -2.29. The monoisotopic (exact) mass is 257 g/mol. The highest BCUT2D eigenvalue weighted by molar-refractivity contribution is 5.34. The Morgan fingerprint density at radius 1 is 1.17 bits per heavy atom. The Morgan fingerprint density at radius 3 is 2.39 bits per heavy atom. The highest BCUT2D eigenvalue weighted by atomic mass is 19.4. The SMILES string of the molecule is CNC1CCC(c2ccccc2C(F)(F)F)C1C. The third-order valence-corrected chi connectivity index (χ3v) is 4.09. The maximum atomic E-state index is 13.0. The smallest absolute Gasteiger partial charge is 0.317 e. The predicted molar refractivity (Wildman–Crippen MR) is 65.4 cm³/mol. The summed E-state index contributed by atoms with van der Waals surface area (Å²) in [7, 11) is 1.87. The van der Waals surface area contributed by atoms with Crippen LogP contribution in [0.2, 0.25) is 0 Å². The van der Waals surface area contributed by atoms with Crippen molar-refractivity contribution < 1.29 is 13.2 Å². The molecule has 2 rings (SSSR count). The first-order valence-electron chi connectivity index (χ1n) is 6.28. The number of benzene rings is 1. The van der Waals surface area contributed by atoms with E-state index in [1.54, 1.807) is 12.1 Å². The molecule has 0 aliphatic heterocycles. The van der Waals surface area contributed by atoms with Gasteiger partial charge in [0.1, 0.15) is 0 Å². The van der Waals surface area contributed by atoms with Crippen molar-refractivity contribution in [2.75, 3.05) is 7.05 Å². The molecule has 1 aromatic carbocycles. The molecule has 1 fully saturated rings. The van der Waals surface area contributed by atoms with E-state index in [4.69, 9.17) is 0 Å². The molecule has 1 aliphatic rings. The summed E-state index contributed by atoms with van der Waals surface area (Å²) in [6.45, 7) is 2.03. The van der Waals surface area contributed by atoms with Gasteiger partial charge in [-0.25, -0.2) is 0 Å². The summed E-state index contributed by atoms with van der Waals surface area (Å²) in [5.74, 6) is 0.235. The molecule has 18 heavy (non-hydrogen) atoms. The summed E-state index contributed by atoms with van der Waals surface area (Å²) >= 11 is 0. The van der Waals surface area contributed by atoms with E-state index >= 15 is 0 Å². The van der Waals surface area contributed by atoms with Crippen LogP contribution in [0.3, 0.4) is 0 Å². The second-order valence-corrected chi connectivity index (χ2v) is 5.02. The van der Waals surface area contributed by atoms with E-state index in [1.807, 2.05) is 14.0 Å². The van der Waals surface area contributed by atoms with Crippen LogP contribution in [0.4, 0.5) is 13.2 Å². The first-order valence-corrected chi connectivity index (χ1v) is 6.28.